The molecule has 0 amide bonds. The topological polar surface area (TPSA) is 24.5 Å². The monoisotopic (exact) mass is 240 g/mol. The molecule has 0 radical (unpaired) electrons. The first-order valence-corrected chi connectivity index (χ1v) is 7.34. The lowest BCUT2D eigenvalue weighted by Gasteiger charge is -2.35. The number of ether oxygens (including phenoxy) is 1. The smallest absolute Gasteiger partial charge is 0.0702 e. The Morgan fingerprint density at radius 1 is 1.18 bits per heavy atom. The molecule has 1 aliphatic carbocycles. The summed E-state index contributed by atoms with van der Waals surface area (Å²) < 4.78 is 5.72. The molecule has 2 rings (SSSR count). The molecule has 1 aliphatic heterocycles. The zero-order chi connectivity index (χ0) is 12.1. The average molecular weight is 240 g/mol. The van der Waals surface area contributed by atoms with Crippen molar-refractivity contribution in [2.24, 2.45) is 0 Å². The van der Waals surface area contributed by atoms with Gasteiger partial charge < -0.3 is 15.0 Å². The lowest BCUT2D eigenvalue weighted by molar-refractivity contribution is 0.0589. The number of nitrogens with one attached hydrogen (secondary N) is 1. The third kappa shape index (κ3) is 3.94. The summed E-state index contributed by atoms with van der Waals surface area (Å²) in [6.07, 6.45) is 8.40. The highest BCUT2D eigenvalue weighted by Gasteiger charge is 2.26. The molecule has 1 unspecified atom stereocenters. The largest absolute Gasteiger partial charge is 0.377 e. The zero-order valence-electron chi connectivity index (χ0n) is 11.5. The van der Waals surface area contributed by atoms with Crippen LogP contribution in [0.25, 0.3) is 0 Å². The van der Waals surface area contributed by atoms with Crippen molar-refractivity contribution in [2.45, 2.75) is 63.6 Å². The maximum absolute atomic E-state index is 5.72. The third-order valence-corrected chi connectivity index (χ3v) is 4.33. The molecule has 2 aliphatic rings. The Labute approximate surface area is 106 Å². The van der Waals surface area contributed by atoms with Crippen LogP contribution < -0.4 is 5.32 Å². The van der Waals surface area contributed by atoms with Crippen LogP contribution in [0.15, 0.2) is 0 Å². The summed E-state index contributed by atoms with van der Waals surface area (Å²) in [4.78, 5) is 2.54. The molecule has 17 heavy (non-hydrogen) atoms. The normalized spacial score (nSPS) is 34.4. The van der Waals surface area contributed by atoms with E-state index in [2.05, 4.69) is 24.2 Å². The van der Waals surface area contributed by atoms with Gasteiger partial charge in [0, 0.05) is 25.2 Å². The summed E-state index contributed by atoms with van der Waals surface area (Å²) in [6, 6.07) is 1.56. The van der Waals surface area contributed by atoms with Gasteiger partial charge in [-0.3, -0.25) is 0 Å². The van der Waals surface area contributed by atoms with Gasteiger partial charge in [-0.15, -0.1) is 0 Å². The van der Waals surface area contributed by atoms with E-state index in [-0.39, 0.29) is 0 Å². The van der Waals surface area contributed by atoms with E-state index in [1.807, 2.05) is 0 Å². The fraction of sp³-hybridized carbons (Fsp3) is 1.00. The maximum Gasteiger partial charge on any atom is 0.0702 e. The van der Waals surface area contributed by atoms with Crippen molar-refractivity contribution in [3.05, 3.63) is 0 Å². The molecule has 100 valence electrons. The van der Waals surface area contributed by atoms with Crippen molar-refractivity contribution in [3.63, 3.8) is 0 Å². The van der Waals surface area contributed by atoms with Crippen molar-refractivity contribution in [3.8, 4) is 0 Å². The Kier molecular flexibility index (Phi) is 5.26. The van der Waals surface area contributed by atoms with E-state index >= 15 is 0 Å². The summed E-state index contributed by atoms with van der Waals surface area (Å²) >= 11 is 0. The van der Waals surface area contributed by atoms with Crippen molar-refractivity contribution < 1.29 is 4.74 Å². The molecule has 0 bridgehead atoms. The second-order valence-corrected chi connectivity index (χ2v) is 5.64. The molecule has 2 fully saturated rings. The predicted molar refractivity (Wildman–Crippen MR) is 71.3 cm³/mol. The van der Waals surface area contributed by atoms with E-state index in [1.165, 1.54) is 38.5 Å². The molecule has 1 heterocycles. The van der Waals surface area contributed by atoms with E-state index in [4.69, 9.17) is 4.74 Å². The van der Waals surface area contributed by atoms with Gasteiger partial charge in [0.15, 0.2) is 0 Å². The van der Waals surface area contributed by atoms with Crippen LogP contribution in [0.4, 0.5) is 0 Å². The molecule has 1 saturated carbocycles. The van der Waals surface area contributed by atoms with Gasteiger partial charge >= 0.3 is 0 Å². The minimum Gasteiger partial charge on any atom is -0.377 e. The van der Waals surface area contributed by atoms with Crippen molar-refractivity contribution in [2.75, 3.05) is 26.7 Å². The second-order valence-electron chi connectivity index (χ2n) is 5.64. The van der Waals surface area contributed by atoms with Crippen LogP contribution in [0.1, 0.15) is 45.4 Å². The molecule has 3 nitrogen and oxygen atoms in total. The number of likely N-dealkylation sites (N-methyl/N-ethyl adjacent to an activating group) is 1. The average Bonchev–Trinajstić information content (AvgIpc) is 2.83. The lowest BCUT2D eigenvalue weighted by Crippen LogP contribution is -2.43. The standard InChI is InChI=1S/C14H28N2O/c1-3-15-12-6-8-13(9-7-12)16(2)11-14-5-4-10-17-14/h12-15H,3-11H2,1-2H3. The Morgan fingerprint density at radius 3 is 2.53 bits per heavy atom. The summed E-state index contributed by atoms with van der Waals surface area (Å²) in [5.74, 6) is 0. The molecule has 1 N–H and O–H groups in total. The Bertz CT molecular complexity index is 208. The summed E-state index contributed by atoms with van der Waals surface area (Å²) in [5, 5.41) is 3.57. The fourth-order valence-electron chi connectivity index (χ4n) is 3.27. The minimum atomic E-state index is 0.506. The van der Waals surface area contributed by atoms with Crippen LogP contribution in [0.5, 0.6) is 0 Å². The van der Waals surface area contributed by atoms with Crippen LogP contribution >= 0.6 is 0 Å². The van der Waals surface area contributed by atoms with Gasteiger partial charge in [0.25, 0.3) is 0 Å². The Balaban J connectivity index is 1.68. The molecular formula is C14H28N2O. The van der Waals surface area contributed by atoms with Crippen molar-refractivity contribution >= 4 is 0 Å². The van der Waals surface area contributed by atoms with E-state index in [1.54, 1.807) is 0 Å². The number of rotatable bonds is 5. The van der Waals surface area contributed by atoms with Crippen LogP contribution in [-0.4, -0.2) is 49.8 Å². The minimum absolute atomic E-state index is 0.506. The van der Waals surface area contributed by atoms with E-state index < -0.39 is 0 Å². The number of hydrogen-bond acceptors (Lipinski definition) is 3. The van der Waals surface area contributed by atoms with E-state index in [0.29, 0.717) is 6.10 Å². The zero-order valence-corrected chi connectivity index (χ0v) is 11.5. The molecule has 0 aromatic heterocycles. The molecule has 1 atom stereocenters. The molecule has 0 aromatic rings. The third-order valence-electron chi connectivity index (χ3n) is 4.33. The van der Waals surface area contributed by atoms with Gasteiger partial charge in [0.2, 0.25) is 0 Å². The lowest BCUT2D eigenvalue weighted by atomic mass is 9.90. The molecule has 3 heteroatoms. The fourth-order valence-corrected chi connectivity index (χ4v) is 3.27. The molecule has 0 aromatic carbocycles. The van der Waals surface area contributed by atoms with Crippen molar-refractivity contribution in [1.82, 2.24) is 10.2 Å². The quantitative estimate of drug-likeness (QED) is 0.795. The predicted octanol–water partition coefficient (Wildman–Crippen LogP) is 2.02. The van der Waals surface area contributed by atoms with E-state index in [9.17, 15) is 0 Å². The Morgan fingerprint density at radius 2 is 1.94 bits per heavy atom. The van der Waals surface area contributed by atoms with Gasteiger partial charge in [-0.2, -0.15) is 0 Å². The SMILES string of the molecule is CCNC1CCC(N(C)CC2CCCO2)CC1. The second kappa shape index (κ2) is 6.72. The first-order chi connectivity index (χ1) is 8.29. The molecule has 0 spiro atoms. The van der Waals surface area contributed by atoms with Crippen LogP contribution in [-0.2, 0) is 4.74 Å². The van der Waals surface area contributed by atoms with Gasteiger partial charge in [0.1, 0.15) is 0 Å². The van der Waals surface area contributed by atoms with Gasteiger partial charge in [-0.1, -0.05) is 6.92 Å². The van der Waals surface area contributed by atoms with Crippen molar-refractivity contribution in [1.29, 1.82) is 0 Å². The summed E-state index contributed by atoms with van der Waals surface area (Å²) in [5.41, 5.74) is 0. The maximum atomic E-state index is 5.72. The summed E-state index contributed by atoms with van der Waals surface area (Å²) in [6.45, 7) is 5.43. The van der Waals surface area contributed by atoms with Gasteiger partial charge in [0.05, 0.1) is 6.10 Å². The first-order valence-electron chi connectivity index (χ1n) is 7.34. The van der Waals surface area contributed by atoms with Crippen LogP contribution in [0.2, 0.25) is 0 Å². The molecule has 1 saturated heterocycles. The number of hydrogen-bond donors (Lipinski definition) is 1. The highest BCUT2D eigenvalue weighted by atomic mass is 16.5. The first kappa shape index (κ1) is 13.3. The summed E-state index contributed by atoms with van der Waals surface area (Å²) in [7, 11) is 2.28. The van der Waals surface area contributed by atoms with Gasteiger partial charge in [-0.25, -0.2) is 0 Å². The van der Waals surface area contributed by atoms with Gasteiger partial charge in [-0.05, 0) is 52.1 Å². The van der Waals surface area contributed by atoms with E-state index in [0.717, 1.165) is 31.8 Å². The van der Waals surface area contributed by atoms with Crippen LogP contribution in [0, 0.1) is 0 Å². The van der Waals surface area contributed by atoms with Crippen LogP contribution in [0.3, 0.4) is 0 Å². The Hall–Kier alpha value is -0.120. The highest BCUT2D eigenvalue weighted by Crippen LogP contribution is 2.23. The molecular weight excluding hydrogens is 212 g/mol. The number of nitrogens with zero attached hydrogens (tertiary/aromatic N) is 1. The highest BCUT2D eigenvalue weighted by molar-refractivity contribution is 4.83.